The number of hydrogen-bond acceptors (Lipinski definition) is 4. The number of carbonyl (C=O) groups is 2. The van der Waals surface area contributed by atoms with E-state index in [1.54, 1.807) is 24.3 Å². The topological polar surface area (TPSA) is 82.9 Å². The number of carboxylic acid groups (broad SMARTS) is 1. The summed E-state index contributed by atoms with van der Waals surface area (Å²) >= 11 is 6.38. The zero-order chi connectivity index (χ0) is 26.1. The van der Waals surface area contributed by atoms with Crippen LogP contribution in [0.1, 0.15) is 42.1 Å². The number of nitrogens with zero attached hydrogens (tertiary/aromatic N) is 3. The summed E-state index contributed by atoms with van der Waals surface area (Å²) in [6, 6.07) is 20.8. The van der Waals surface area contributed by atoms with Crippen molar-refractivity contribution in [2.24, 2.45) is 5.10 Å². The third-order valence-electron chi connectivity index (χ3n) is 6.46. The van der Waals surface area contributed by atoms with Gasteiger partial charge in [0.25, 0.3) is 0 Å². The van der Waals surface area contributed by atoms with Gasteiger partial charge in [0.2, 0.25) is 5.91 Å². The van der Waals surface area contributed by atoms with Crippen molar-refractivity contribution in [2.75, 3.05) is 0 Å². The molecular weight excluding hydrogens is 493 g/mol. The van der Waals surface area contributed by atoms with Crippen molar-refractivity contribution in [3.8, 4) is 11.1 Å². The van der Waals surface area contributed by atoms with Crippen molar-refractivity contribution < 1.29 is 19.1 Å². The molecule has 6 nitrogen and oxygen atoms in total. The molecule has 186 valence electrons. The fourth-order valence-corrected chi connectivity index (χ4v) is 5.00. The summed E-state index contributed by atoms with van der Waals surface area (Å²) in [4.78, 5) is 29.0. The van der Waals surface area contributed by atoms with Crippen molar-refractivity contribution in [3.63, 3.8) is 0 Å². The SMILES string of the molecule is Cc1nc2ccc(Cl)cc2c(-c2ccccc2)c1C1=NN(C(=O)CCC(=O)O)[C@H](c2ccccc2F)C1. The molecule has 0 unspecified atom stereocenters. The van der Waals surface area contributed by atoms with Crippen LogP contribution >= 0.6 is 11.6 Å². The van der Waals surface area contributed by atoms with Crippen molar-refractivity contribution in [1.82, 2.24) is 9.99 Å². The lowest BCUT2D eigenvalue weighted by Gasteiger charge is -2.22. The number of rotatable bonds is 6. The molecule has 1 aliphatic heterocycles. The van der Waals surface area contributed by atoms with Gasteiger partial charge in [-0.05, 0) is 36.8 Å². The van der Waals surface area contributed by atoms with Gasteiger partial charge in [0.05, 0.1) is 23.7 Å². The van der Waals surface area contributed by atoms with Gasteiger partial charge >= 0.3 is 5.97 Å². The molecular formula is C29H23ClFN3O3. The minimum atomic E-state index is -1.09. The van der Waals surface area contributed by atoms with E-state index in [9.17, 15) is 14.0 Å². The molecule has 1 atom stereocenters. The van der Waals surface area contributed by atoms with Gasteiger partial charge in [-0.15, -0.1) is 0 Å². The van der Waals surface area contributed by atoms with E-state index in [-0.39, 0.29) is 19.3 Å². The van der Waals surface area contributed by atoms with Crippen LogP contribution in [0.25, 0.3) is 22.0 Å². The number of carboxylic acids is 1. The van der Waals surface area contributed by atoms with Crippen LogP contribution in [0, 0.1) is 12.7 Å². The van der Waals surface area contributed by atoms with Gasteiger partial charge in [-0.25, -0.2) is 9.40 Å². The predicted octanol–water partition coefficient (Wildman–Crippen LogP) is 6.55. The van der Waals surface area contributed by atoms with E-state index in [4.69, 9.17) is 21.7 Å². The average Bonchev–Trinajstić information content (AvgIpc) is 3.32. The second-order valence-corrected chi connectivity index (χ2v) is 9.33. The van der Waals surface area contributed by atoms with Gasteiger partial charge < -0.3 is 5.11 Å². The minimum absolute atomic E-state index is 0.243. The Balaban J connectivity index is 1.70. The highest BCUT2D eigenvalue weighted by molar-refractivity contribution is 6.31. The highest BCUT2D eigenvalue weighted by Gasteiger charge is 2.36. The molecule has 0 aliphatic carbocycles. The summed E-state index contributed by atoms with van der Waals surface area (Å²) in [5.74, 6) is -2.03. The highest BCUT2D eigenvalue weighted by atomic mass is 35.5. The van der Waals surface area contributed by atoms with E-state index in [2.05, 4.69) is 5.10 Å². The summed E-state index contributed by atoms with van der Waals surface area (Å²) in [7, 11) is 0. The number of fused-ring (bicyclic) bond motifs is 1. The van der Waals surface area contributed by atoms with Crippen LogP contribution in [0.5, 0.6) is 0 Å². The summed E-state index contributed by atoms with van der Waals surface area (Å²) in [5, 5.41) is 16.4. The van der Waals surface area contributed by atoms with Crippen LogP contribution in [0.3, 0.4) is 0 Å². The lowest BCUT2D eigenvalue weighted by molar-refractivity contribution is -0.141. The molecule has 0 fully saturated rings. The number of aliphatic carboxylic acids is 1. The van der Waals surface area contributed by atoms with Crippen molar-refractivity contribution >= 4 is 40.1 Å². The number of halogens is 2. The molecule has 5 rings (SSSR count). The third-order valence-corrected chi connectivity index (χ3v) is 6.70. The zero-order valence-electron chi connectivity index (χ0n) is 20.0. The van der Waals surface area contributed by atoms with Gasteiger partial charge in [0, 0.05) is 45.6 Å². The summed E-state index contributed by atoms with van der Waals surface area (Å²) < 4.78 is 14.9. The molecule has 37 heavy (non-hydrogen) atoms. The van der Waals surface area contributed by atoms with E-state index >= 15 is 0 Å². The van der Waals surface area contributed by atoms with Crippen LogP contribution in [-0.4, -0.2) is 32.7 Å². The molecule has 3 aromatic carbocycles. The fourth-order valence-electron chi connectivity index (χ4n) is 4.82. The van der Waals surface area contributed by atoms with E-state index in [1.165, 1.54) is 11.1 Å². The van der Waals surface area contributed by atoms with Crippen LogP contribution < -0.4 is 0 Å². The van der Waals surface area contributed by atoms with E-state index < -0.39 is 23.7 Å². The Kier molecular flexibility index (Phi) is 6.72. The lowest BCUT2D eigenvalue weighted by atomic mass is 9.89. The quantitative estimate of drug-likeness (QED) is 0.316. The minimum Gasteiger partial charge on any atom is -0.481 e. The van der Waals surface area contributed by atoms with Crippen LogP contribution in [0.15, 0.2) is 77.9 Å². The molecule has 8 heteroatoms. The molecule has 0 radical (unpaired) electrons. The first-order valence-corrected chi connectivity index (χ1v) is 12.2. The van der Waals surface area contributed by atoms with Crippen molar-refractivity contribution in [2.45, 2.75) is 32.2 Å². The lowest BCUT2D eigenvalue weighted by Crippen LogP contribution is -2.28. The Hall–Kier alpha value is -4.10. The number of carbonyl (C=O) groups excluding carboxylic acids is 1. The first-order valence-electron chi connectivity index (χ1n) is 11.8. The number of aromatic nitrogens is 1. The maximum absolute atomic E-state index is 14.9. The third kappa shape index (κ3) is 4.82. The number of amides is 1. The molecule has 0 spiro atoms. The van der Waals surface area contributed by atoms with E-state index in [0.717, 1.165) is 27.6 Å². The molecule has 1 aliphatic rings. The largest absolute Gasteiger partial charge is 0.481 e. The van der Waals surface area contributed by atoms with E-state index in [0.29, 0.717) is 22.0 Å². The van der Waals surface area contributed by atoms with Gasteiger partial charge in [0.15, 0.2) is 0 Å². The molecule has 1 aromatic heterocycles. The summed E-state index contributed by atoms with van der Waals surface area (Å²) in [6.45, 7) is 1.88. The Morgan fingerprint density at radius 3 is 2.49 bits per heavy atom. The maximum atomic E-state index is 14.9. The maximum Gasteiger partial charge on any atom is 0.303 e. The molecule has 1 amide bonds. The molecule has 0 bridgehead atoms. The van der Waals surface area contributed by atoms with Crippen molar-refractivity contribution in [3.05, 3.63) is 100 Å². The average molecular weight is 516 g/mol. The number of aryl methyl sites for hydroxylation is 1. The monoisotopic (exact) mass is 515 g/mol. The second kappa shape index (κ2) is 10.1. The first kappa shape index (κ1) is 24.6. The van der Waals surface area contributed by atoms with Crippen LogP contribution in [-0.2, 0) is 9.59 Å². The fraction of sp³-hybridized carbons (Fsp3) is 0.172. The second-order valence-electron chi connectivity index (χ2n) is 8.89. The van der Waals surface area contributed by atoms with E-state index in [1.807, 2.05) is 49.4 Å². The zero-order valence-corrected chi connectivity index (χ0v) is 20.7. The number of pyridine rings is 1. The number of hydrazone groups is 1. The Labute approximate surface area is 218 Å². The molecule has 2 heterocycles. The molecule has 4 aromatic rings. The molecule has 1 N–H and O–H groups in total. The van der Waals surface area contributed by atoms with Gasteiger partial charge in [0.1, 0.15) is 5.82 Å². The molecule has 0 saturated heterocycles. The highest BCUT2D eigenvalue weighted by Crippen LogP contribution is 2.40. The summed E-state index contributed by atoms with van der Waals surface area (Å²) in [5.41, 5.74) is 4.91. The smallest absolute Gasteiger partial charge is 0.303 e. The van der Waals surface area contributed by atoms with Gasteiger partial charge in [-0.2, -0.15) is 5.10 Å². The number of benzene rings is 3. The normalized spacial score (nSPS) is 15.2. The standard InChI is InChI=1S/C29H23ClFN3O3/c1-17-28(29(18-7-3-2-4-8-18)21-15-19(30)11-12-23(21)32-17)24-16-25(20-9-5-6-10-22(20)31)34(33-24)26(35)13-14-27(36)37/h2-12,15,25H,13-14,16H2,1H3,(H,36,37)/t25-/m0/s1. The first-order chi connectivity index (χ1) is 17.8. The molecule has 0 saturated carbocycles. The Morgan fingerprint density at radius 1 is 1.03 bits per heavy atom. The summed E-state index contributed by atoms with van der Waals surface area (Å²) in [6.07, 6.45) is -0.337. The number of hydrogen-bond donors (Lipinski definition) is 1. The Morgan fingerprint density at radius 2 is 1.76 bits per heavy atom. The van der Waals surface area contributed by atoms with Crippen LogP contribution in [0.4, 0.5) is 4.39 Å². The Bertz CT molecular complexity index is 1560. The van der Waals surface area contributed by atoms with Crippen molar-refractivity contribution in [1.29, 1.82) is 0 Å². The van der Waals surface area contributed by atoms with Gasteiger partial charge in [-0.1, -0.05) is 60.1 Å². The predicted molar refractivity (Wildman–Crippen MR) is 141 cm³/mol. The van der Waals surface area contributed by atoms with Crippen LogP contribution in [0.2, 0.25) is 5.02 Å². The van der Waals surface area contributed by atoms with Gasteiger partial charge in [-0.3, -0.25) is 14.6 Å².